The first kappa shape index (κ1) is 26.9. The zero-order valence-corrected chi connectivity index (χ0v) is 23.4. The lowest BCUT2D eigenvalue weighted by Gasteiger charge is -2.36. The Labute approximate surface area is 252 Å². The van der Waals surface area contributed by atoms with Crippen molar-refractivity contribution in [3.8, 4) is 22.4 Å². The van der Waals surface area contributed by atoms with Crippen LogP contribution in [0.4, 0.5) is 4.39 Å². The number of fused-ring (bicyclic) bond motifs is 1. The number of rotatable bonds is 7. The van der Waals surface area contributed by atoms with Crippen LogP contribution >= 0.6 is 0 Å². The molecule has 0 amide bonds. The predicted octanol–water partition coefficient (Wildman–Crippen LogP) is 7.84. The van der Waals surface area contributed by atoms with Crippen molar-refractivity contribution in [2.45, 2.75) is 5.54 Å². The summed E-state index contributed by atoms with van der Waals surface area (Å²) in [6, 6.07) is 40.8. The van der Waals surface area contributed by atoms with E-state index in [4.69, 9.17) is 5.10 Å². The smallest absolute Gasteiger partial charge is 0.338 e. The van der Waals surface area contributed by atoms with Gasteiger partial charge in [0, 0.05) is 22.7 Å². The molecule has 0 fully saturated rings. The van der Waals surface area contributed by atoms with Crippen molar-refractivity contribution >= 4 is 16.9 Å². The quantitative estimate of drug-likeness (QED) is 0.196. The third kappa shape index (κ3) is 4.51. The van der Waals surface area contributed by atoms with Gasteiger partial charge < -0.3 is 5.11 Å². The fraction of sp³-hybridized carbons (Fsp3) is 0.0270. The second-order valence-corrected chi connectivity index (χ2v) is 10.4. The summed E-state index contributed by atoms with van der Waals surface area (Å²) < 4.78 is 16.6. The number of carboxylic acids is 1. The SMILES string of the molecule is O=C(O)c1ccc(-c2ncnc3ccc(-c4cnn(C(c5ccccc5)(c5ccccc5)c5ccccc5)c4)cc23)cc1F. The molecule has 1 N–H and O–H groups in total. The van der Waals surface area contributed by atoms with Crippen molar-refractivity contribution < 1.29 is 14.3 Å². The normalized spacial score (nSPS) is 11.5. The van der Waals surface area contributed by atoms with Gasteiger partial charge in [-0.2, -0.15) is 5.10 Å². The number of carboxylic acid groups (broad SMARTS) is 1. The fourth-order valence-electron chi connectivity index (χ4n) is 5.89. The van der Waals surface area contributed by atoms with E-state index in [0.717, 1.165) is 27.8 Å². The van der Waals surface area contributed by atoms with Crippen molar-refractivity contribution in [1.82, 2.24) is 19.7 Å². The third-order valence-electron chi connectivity index (χ3n) is 7.94. The first-order valence-corrected chi connectivity index (χ1v) is 14.1. The summed E-state index contributed by atoms with van der Waals surface area (Å²) in [6.07, 6.45) is 5.31. The average Bonchev–Trinajstić information content (AvgIpc) is 3.56. The Morgan fingerprint density at radius 2 is 1.27 bits per heavy atom. The molecule has 0 unspecified atom stereocenters. The van der Waals surface area contributed by atoms with Gasteiger partial charge in [0.25, 0.3) is 0 Å². The van der Waals surface area contributed by atoms with Gasteiger partial charge in [-0.25, -0.2) is 19.2 Å². The van der Waals surface area contributed by atoms with Crippen LogP contribution in [0.5, 0.6) is 0 Å². The van der Waals surface area contributed by atoms with Crippen molar-refractivity contribution in [2.75, 3.05) is 0 Å². The molecule has 2 aromatic heterocycles. The van der Waals surface area contributed by atoms with E-state index in [9.17, 15) is 14.3 Å². The molecule has 2 heterocycles. The van der Waals surface area contributed by atoms with E-state index in [2.05, 4.69) is 46.4 Å². The molecule has 5 aromatic carbocycles. The van der Waals surface area contributed by atoms with Crippen LogP contribution < -0.4 is 0 Å². The van der Waals surface area contributed by atoms with E-state index < -0.39 is 17.3 Å². The molecule has 0 aliphatic heterocycles. The third-order valence-corrected chi connectivity index (χ3v) is 7.94. The van der Waals surface area contributed by atoms with Crippen molar-refractivity contribution in [3.63, 3.8) is 0 Å². The summed E-state index contributed by atoms with van der Waals surface area (Å²) in [4.78, 5) is 20.2. The Kier molecular flexibility index (Phi) is 6.75. The van der Waals surface area contributed by atoms with E-state index in [-0.39, 0.29) is 5.56 Å². The Hall–Kier alpha value is -5.95. The monoisotopic (exact) mass is 576 g/mol. The molecular formula is C37H25FN4O2. The minimum absolute atomic E-state index is 0.390. The van der Waals surface area contributed by atoms with E-state index in [0.29, 0.717) is 22.2 Å². The molecule has 0 saturated carbocycles. The van der Waals surface area contributed by atoms with Gasteiger partial charge in [0.15, 0.2) is 0 Å². The van der Waals surface area contributed by atoms with Crippen LogP contribution in [0.15, 0.2) is 146 Å². The van der Waals surface area contributed by atoms with E-state index in [1.54, 1.807) is 6.07 Å². The fourth-order valence-corrected chi connectivity index (χ4v) is 5.89. The lowest BCUT2D eigenvalue weighted by molar-refractivity contribution is 0.0692. The van der Waals surface area contributed by atoms with Crippen LogP contribution in [0.1, 0.15) is 27.0 Å². The number of nitrogens with zero attached hydrogens (tertiary/aromatic N) is 4. The summed E-state index contributed by atoms with van der Waals surface area (Å²) in [7, 11) is 0. The molecule has 0 aliphatic carbocycles. The highest BCUT2D eigenvalue weighted by Crippen LogP contribution is 2.41. The molecule has 0 saturated heterocycles. The van der Waals surface area contributed by atoms with Gasteiger partial charge in [-0.05, 0) is 46.5 Å². The Morgan fingerprint density at radius 3 is 1.84 bits per heavy atom. The van der Waals surface area contributed by atoms with E-state index in [1.807, 2.05) is 89.9 Å². The molecule has 0 radical (unpaired) electrons. The highest BCUT2D eigenvalue weighted by molar-refractivity contribution is 5.96. The van der Waals surface area contributed by atoms with Gasteiger partial charge in [-0.3, -0.25) is 4.68 Å². The molecule has 0 aliphatic rings. The molecule has 0 bridgehead atoms. The van der Waals surface area contributed by atoms with E-state index >= 15 is 0 Å². The molecule has 7 rings (SSSR count). The van der Waals surface area contributed by atoms with Gasteiger partial charge in [-0.1, -0.05) is 103 Å². The van der Waals surface area contributed by atoms with Crippen molar-refractivity contribution in [3.05, 3.63) is 174 Å². The van der Waals surface area contributed by atoms with Gasteiger partial charge in [0.1, 0.15) is 17.7 Å². The standard InChI is InChI=1S/C37H25FN4O2/c38-33-21-26(16-18-31(33)36(43)44)35-32-20-25(17-19-34(32)39-24-40-35)27-22-41-42(23-27)37(28-10-4-1-5-11-28,29-12-6-2-7-13-29)30-14-8-3-9-15-30/h1-24H,(H,43,44). The maximum atomic E-state index is 14.6. The molecule has 7 aromatic rings. The topological polar surface area (TPSA) is 80.9 Å². The summed E-state index contributed by atoms with van der Waals surface area (Å²) in [5, 5.41) is 14.9. The number of hydrogen-bond donors (Lipinski definition) is 1. The van der Waals surface area contributed by atoms with Crippen LogP contribution in [0.2, 0.25) is 0 Å². The largest absolute Gasteiger partial charge is 0.478 e. The van der Waals surface area contributed by atoms with Gasteiger partial charge in [0.2, 0.25) is 0 Å². The summed E-state index contributed by atoms with van der Waals surface area (Å²) >= 11 is 0. The molecule has 6 nitrogen and oxygen atoms in total. The minimum Gasteiger partial charge on any atom is -0.478 e. The number of aromatic nitrogens is 4. The minimum atomic E-state index is -1.32. The number of halogens is 1. The van der Waals surface area contributed by atoms with Crippen LogP contribution in [0.3, 0.4) is 0 Å². The predicted molar refractivity (Wildman–Crippen MR) is 168 cm³/mol. The maximum Gasteiger partial charge on any atom is 0.338 e. The Bertz CT molecular complexity index is 2020. The van der Waals surface area contributed by atoms with Crippen molar-refractivity contribution in [2.24, 2.45) is 0 Å². The van der Waals surface area contributed by atoms with Crippen molar-refractivity contribution in [1.29, 1.82) is 0 Å². The molecular weight excluding hydrogens is 551 g/mol. The first-order valence-electron chi connectivity index (χ1n) is 14.1. The Morgan fingerprint density at radius 1 is 0.682 bits per heavy atom. The first-order chi connectivity index (χ1) is 21.6. The van der Waals surface area contributed by atoms with Gasteiger partial charge in [-0.15, -0.1) is 0 Å². The molecule has 44 heavy (non-hydrogen) atoms. The lowest BCUT2D eigenvalue weighted by atomic mass is 9.77. The maximum absolute atomic E-state index is 14.6. The number of hydrogen-bond acceptors (Lipinski definition) is 4. The van der Waals surface area contributed by atoms with E-state index in [1.165, 1.54) is 18.5 Å². The average molecular weight is 577 g/mol. The van der Waals surface area contributed by atoms with Crippen LogP contribution in [-0.4, -0.2) is 30.8 Å². The summed E-state index contributed by atoms with van der Waals surface area (Å²) in [6.45, 7) is 0. The number of carbonyl (C=O) groups is 1. The highest BCUT2D eigenvalue weighted by Gasteiger charge is 2.39. The molecule has 0 spiro atoms. The molecule has 212 valence electrons. The zero-order valence-electron chi connectivity index (χ0n) is 23.4. The van der Waals surface area contributed by atoms with Gasteiger partial charge >= 0.3 is 5.97 Å². The summed E-state index contributed by atoms with van der Waals surface area (Å²) in [5.74, 6) is -2.14. The number of benzene rings is 5. The Balaban J connectivity index is 1.40. The van der Waals surface area contributed by atoms with Crippen LogP contribution in [-0.2, 0) is 5.54 Å². The highest BCUT2D eigenvalue weighted by atomic mass is 19.1. The zero-order chi connectivity index (χ0) is 30.1. The lowest BCUT2D eigenvalue weighted by Crippen LogP contribution is -2.38. The molecule has 0 atom stereocenters. The second kappa shape index (κ2) is 11.0. The van der Waals surface area contributed by atoms with Crippen LogP contribution in [0.25, 0.3) is 33.3 Å². The number of aromatic carboxylic acids is 1. The second-order valence-electron chi connectivity index (χ2n) is 10.4. The molecule has 7 heteroatoms. The van der Waals surface area contributed by atoms with Gasteiger partial charge in [0.05, 0.1) is 23.0 Å². The summed E-state index contributed by atoms with van der Waals surface area (Å²) in [5.41, 5.74) is 5.45. The van der Waals surface area contributed by atoms with Crippen LogP contribution in [0, 0.1) is 5.82 Å².